The Bertz CT molecular complexity index is 786. The smallest absolute Gasteiger partial charge is 0.416 e. The number of hydrogen-bond donors (Lipinski definition) is 1. The zero-order valence-electron chi connectivity index (χ0n) is 14.8. The Morgan fingerprint density at radius 1 is 1.15 bits per heavy atom. The average Bonchev–Trinajstić information content (AvgIpc) is 3.49. The summed E-state index contributed by atoms with van der Waals surface area (Å²) in [5.74, 6) is 0.718. The fourth-order valence-electron chi connectivity index (χ4n) is 2.84. The van der Waals surface area contributed by atoms with Gasteiger partial charge in [0.2, 0.25) is 0 Å². The van der Waals surface area contributed by atoms with Crippen molar-refractivity contribution in [1.82, 2.24) is 5.32 Å². The van der Waals surface area contributed by atoms with Crippen molar-refractivity contribution >= 4 is 5.91 Å². The highest BCUT2D eigenvalue weighted by Gasteiger charge is 2.33. The zero-order chi connectivity index (χ0) is 19.4. The molecule has 1 unspecified atom stereocenters. The minimum absolute atomic E-state index is 0.00685. The SMILES string of the molecule is COc1ccc(C(NC(=O)COc2cccc(C(F)(F)F)c2)C2CC2)cc1. The van der Waals surface area contributed by atoms with E-state index in [0.29, 0.717) is 5.92 Å². The van der Waals surface area contributed by atoms with Crippen LogP contribution in [0.3, 0.4) is 0 Å². The van der Waals surface area contributed by atoms with Gasteiger partial charge >= 0.3 is 6.18 Å². The maximum absolute atomic E-state index is 12.7. The van der Waals surface area contributed by atoms with Crippen molar-refractivity contribution in [3.63, 3.8) is 0 Å². The summed E-state index contributed by atoms with van der Waals surface area (Å²) in [6.45, 7) is -0.347. The molecule has 0 saturated heterocycles. The monoisotopic (exact) mass is 379 g/mol. The van der Waals surface area contributed by atoms with Crippen LogP contribution in [0.4, 0.5) is 13.2 Å². The summed E-state index contributed by atoms with van der Waals surface area (Å²) in [6, 6.07) is 11.8. The van der Waals surface area contributed by atoms with E-state index in [1.807, 2.05) is 24.3 Å². The third-order valence-corrected chi connectivity index (χ3v) is 4.42. The quantitative estimate of drug-likeness (QED) is 0.778. The van der Waals surface area contributed by atoms with E-state index < -0.39 is 11.7 Å². The van der Waals surface area contributed by atoms with Gasteiger partial charge in [-0.2, -0.15) is 13.2 Å². The van der Waals surface area contributed by atoms with Gasteiger partial charge in [-0.25, -0.2) is 0 Å². The minimum Gasteiger partial charge on any atom is -0.497 e. The highest BCUT2D eigenvalue weighted by atomic mass is 19.4. The van der Waals surface area contributed by atoms with E-state index in [9.17, 15) is 18.0 Å². The van der Waals surface area contributed by atoms with Gasteiger partial charge in [-0.1, -0.05) is 18.2 Å². The predicted molar refractivity (Wildman–Crippen MR) is 93.5 cm³/mol. The number of benzene rings is 2. The molecule has 1 fully saturated rings. The summed E-state index contributed by atoms with van der Waals surface area (Å²) in [5.41, 5.74) is 0.153. The Kier molecular flexibility index (Phi) is 5.58. The second-order valence-corrected chi connectivity index (χ2v) is 6.47. The number of methoxy groups -OCH3 is 1. The highest BCUT2D eigenvalue weighted by molar-refractivity contribution is 5.78. The van der Waals surface area contributed by atoms with E-state index in [4.69, 9.17) is 9.47 Å². The van der Waals surface area contributed by atoms with Gasteiger partial charge < -0.3 is 14.8 Å². The highest BCUT2D eigenvalue weighted by Crippen LogP contribution is 2.41. The summed E-state index contributed by atoms with van der Waals surface area (Å²) in [7, 11) is 1.58. The molecular formula is C20H20F3NO3. The molecule has 7 heteroatoms. The molecule has 0 aliphatic heterocycles. The van der Waals surface area contributed by atoms with Crippen LogP contribution in [0.5, 0.6) is 11.5 Å². The lowest BCUT2D eigenvalue weighted by atomic mass is 10.0. The molecule has 1 saturated carbocycles. The van der Waals surface area contributed by atoms with Gasteiger partial charge in [0.15, 0.2) is 6.61 Å². The summed E-state index contributed by atoms with van der Waals surface area (Å²) >= 11 is 0. The standard InChI is InChI=1S/C20H20F3NO3/c1-26-16-9-7-14(8-10-16)19(13-5-6-13)24-18(25)12-27-17-4-2-3-15(11-17)20(21,22)23/h2-4,7-11,13,19H,5-6,12H2,1H3,(H,24,25). The number of nitrogens with one attached hydrogen (secondary N) is 1. The van der Waals surface area contributed by atoms with Gasteiger partial charge in [-0.3, -0.25) is 4.79 Å². The Labute approximate surface area is 155 Å². The van der Waals surface area contributed by atoms with Crippen molar-refractivity contribution < 1.29 is 27.4 Å². The fraction of sp³-hybridized carbons (Fsp3) is 0.350. The third kappa shape index (κ3) is 5.15. The van der Waals surface area contributed by atoms with Crippen molar-refractivity contribution in [3.05, 3.63) is 59.7 Å². The van der Waals surface area contributed by atoms with Crippen LogP contribution in [0, 0.1) is 5.92 Å². The largest absolute Gasteiger partial charge is 0.497 e. The van der Waals surface area contributed by atoms with Gasteiger partial charge in [0.1, 0.15) is 11.5 Å². The van der Waals surface area contributed by atoms with Crippen molar-refractivity contribution in [3.8, 4) is 11.5 Å². The van der Waals surface area contributed by atoms with Gasteiger partial charge in [0.05, 0.1) is 18.7 Å². The van der Waals surface area contributed by atoms with E-state index in [2.05, 4.69) is 5.32 Å². The third-order valence-electron chi connectivity index (χ3n) is 4.42. The van der Waals surface area contributed by atoms with Crippen LogP contribution in [0.2, 0.25) is 0 Å². The summed E-state index contributed by atoms with van der Waals surface area (Å²) in [4.78, 5) is 12.3. The van der Waals surface area contributed by atoms with E-state index in [0.717, 1.165) is 36.3 Å². The van der Waals surface area contributed by atoms with E-state index in [1.54, 1.807) is 7.11 Å². The van der Waals surface area contributed by atoms with Crippen molar-refractivity contribution in [1.29, 1.82) is 0 Å². The second kappa shape index (κ2) is 7.90. The maximum Gasteiger partial charge on any atom is 0.416 e. The van der Waals surface area contributed by atoms with Gasteiger partial charge in [-0.15, -0.1) is 0 Å². The van der Waals surface area contributed by atoms with Crippen LogP contribution in [0.25, 0.3) is 0 Å². The first-order chi connectivity index (χ1) is 12.9. The molecule has 27 heavy (non-hydrogen) atoms. The molecule has 3 rings (SSSR count). The van der Waals surface area contributed by atoms with E-state index in [-0.39, 0.29) is 24.3 Å². The first kappa shape index (κ1) is 19.1. The van der Waals surface area contributed by atoms with Crippen LogP contribution in [0.1, 0.15) is 30.0 Å². The van der Waals surface area contributed by atoms with Crippen LogP contribution in [-0.2, 0) is 11.0 Å². The van der Waals surface area contributed by atoms with Crippen LogP contribution in [0.15, 0.2) is 48.5 Å². The summed E-state index contributed by atoms with van der Waals surface area (Å²) in [5, 5.41) is 2.92. The van der Waals surface area contributed by atoms with Crippen molar-refractivity contribution in [2.45, 2.75) is 25.1 Å². The minimum atomic E-state index is -4.45. The molecular weight excluding hydrogens is 359 g/mol. The number of hydrogen-bond acceptors (Lipinski definition) is 3. The van der Waals surface area contributed by atoms with Crippen molar-refractivity contribution in [2.75, 3.05) is 13.7 Å². The normalized spacial score (nSPS) is 15.1. The summed E-state index contributed by atoms with van der Waals surface area (Å²) < 4.78 is 48.6. The Morgan fingerprint density at radius 3 is 2.44 bits per heavy atom. The number of amides is 1. The van der Waals surface area contributed by atoms with Crippen LogP contribution in [-0.4, -0.2) is 19.6 Å². The molecule has 1 aliphatic rings. The first-order valence-electron chi connectivity index (χ1n) is 8.60. The second-order valence-electron chi connectivity index (χ2n) is 6.47. The molecule has 1 N–H and O–H groups in total. The average molecular weight is 379 g/mol. The molecule has 2 aromatic rings. The van der Waals surface area contributed by atoms with E-state index >= 15 is 0 Å². The molecule has 0 heterocycles. The molecule has 2 aromatic carbocycles. The van der Waals surface area contributed by atoms with Gasteiger partial charge in [0, 0.05) is 0 Å². The number of carbonyl (C=O) groups excluding carboxylic acids is 1. The number of ether oxygens (including phenoxy) is 2. The fourth-order valence-corrected chi connectivity index (χ4v) is 2.84. The Balaban J connectivity index is 1.60. The molecule has 0 aromatic heterocycles. The Morgan fingerprint density at radius 2 is 1.85 bits per heavy atom. The number of alkyl halides is 3. The number of rotatable bonds is 7. The van der Waals surface area contributed by atoms with Crippen molar-refractivity contribution in [2.24, 2.45) is 5.92 Å². The Hall–Kier alpha value is -2.70. The first-order valence-corrected chi connectivity index (χ1v) is 8.60. The zero-order valence-corrected chi connectivity index (χ0v) is 14.8. The van der Waals surface area contributed by atoms with Gasteiger partial charge in [-0.05, 0) is 54.7 Å². The molecule has 1 aliphatic carbocycles. The molecule has 1 amide bonds. The molecule has 0 spiro atoms. The van der Waals surface area contributed by atoms with Gasteiger partial charge in [0.25, 0.3) is 5.91 Å². The molecule has 1 atom stereocenters. The number of carbonyl (C=O) groups is 1. The number of halogens is 3. The lowest BCUT2D eigenvalue weighted by Crippen LogP contribution is -2.33. The van der Waals surface area contributed by atoms with Crippen LogP contribution < -0.4 is 14.8 Å². The molecule has 0 radical (unpaired) electrons. The lowest BCUT2D eigenvalue weighted by Gasteiger charge is -2.19. The molecule has 144 valence electrons. The summed E-state index contributed by atoms with van der Waals surface area (Å²) in [6.07, 6.45) is -2.41. The van der Waals surface area contributed by atoms with E-state index in [1.165, 1.54) is 12.1 Å². The molecule has 4 nitrogen and oxygen atoms in total. The maximum atomic E-state index is 12.7. The predicted octanol–water partition coefficient (Wildman–Crippen LogP) is 4.36. The molecule has 0 bridgehead atoms. The topological polar surface area (TPSA) is 47.6 Å². The lowest BCUT2D eigenvalue weighted by molar-refractivity contribution is -0.137. The van der Waals surface area contributed by atoms with Crippen LogP contribution >= 0.6 is 0 Å².